The van der Waals surface area contributed by atoms with Crippen LogP contribution in [-0.2, 0) is 0 Å². The average molecular weight is 256 g/mol. The Hall–Kier alpha value is -2.63. The summed E-state index contributed by atoms with van der Waals surface area (Å²) < 4.78 is 0. The zero-order valence-corrected chi connectivity index (χ0v) is 10.9. The maximum absolute atomic E-state index is 5.81. The third kappa shape index (κ3) is 3.67. The summed E-state index contributed by atoms with van der Waals surface area (Å²) in [4.78, 5) is 12.5. The molecule has 98 valence electrons. The number of rotatable bonds is 2. The standard InChI is InChI=1S/C13H16N6/c1-8-6-9(2)17-13(16-8)19-12(15)18-11-5-3-4-10(14)7-11/h3-7H,14H2,1-2H3,(H3,15,16,17,18,19). The van der Waals surface area contributed by atoms with Gasteiger partial charge in [-0.1, -0.05) is 6.07 Å². The van der Waals surface area contributed by atoms with Crippen molar-refractivity contribution in [2.45, 2.75) is 13.8 Å². The predicted molar refractivity (Wildman–Crippen MR) is 77.3 cm³/mol. The minimum absolute atomic E-state index is 0.218. The molecular weight excluding hydrogens is 240 g/mol. The van der Waals surface area contributed by atoms with E-state index in [1.165, 1.54) is 0 Å². The quantitative estimate of drug-likeness (QED) is 0.431. The van der Waals surface area contributed by atoms with E-state index in [0.717, 1.165) is 17.1 Å². The third-order valence-electron chi connectivity index (χ3n) is 2.35. The van der Waals surface area contributed by atoms with E-state index >= 15 is 0 Å². The molecule has 6 heteroatoms. The first-order chi connectivity index (χ1) is 9.02. The van der Waals surface area contributed by atoms with Gasteiger partial charge in [-0.05, 0) is 38.1 Å². The molecule has 0 saturated heterocycles. The molecule has 0 saturated carbocycles. The summed E-state index contributed by atoms with van der Waals surface area (Å²) in [5.41, 5.74) is 14.6. The van der Waals surface area contributed by atoms with Crippen molar-refractivity contribution >= 4 is 23.3 Å². The topological polar surface area (TPSA) is 102 Å². The fraction of sp³-hybridized carbons (Fsp3) is 0.154. The van der Waals surface area contributed by atoms with Crippen LogP contribution >= 0.6 is 0 Å². The second-order valence-corrected chi connectivity index (χ2v) is 4.20. The summed E-state index contributed by atoms with van der Waals surface area (Å²) >= 11 is 0. The Morgan fingerprint density at radius 2 is 1.84 bits per heavy atom. The molecule has 0 radical (unpaired) electrons. The second-order valence-electron chi connectivity index (χ2n) is 4.20. The van der Waals surface area contributed by atoms with Gasteiger partial charge >= 0.3 is 0 Å². The molecular formula is C13H16N6. The summed E-state index contributed by atoms with van der Waals surface area (Å²) in [7, 11) is 0. The molecule has 0 spiro atoms. The lowest BCUT2D eigenvalue weighted by molar-refractivity contribution is 1.04. The number of guanidine groups is 1. The van der Waals surface area contributed by atoms with Crippen molar-refractivity contribution in [3.8, 4) is 0 Å². The van der Waals surface area contributed by atoms with Gasteiger partial charge in [-0.15, -0.1) is 0 Å². The number of aromatic nitrogens is 2. The van der Waals surface area contributed by atoms with Crippen molar-refractivity contribution in [1.29, 1.82) is 0 Å². The lowest BCUT2D eigenvalue weighted by Gasteiger charge is -2.06. The number of aryl methyl sites for hydroxylation is 2. The minimum atomic E-state index is 0.218. The summed E-state index contributed by atoms with van der Waals surface area (Å²) in [6.45, 7) is 3.77. The maximum Gasteiger partial charge on any atom is 0.253 e. The first-order valence-corrected chi connectivity index (χ1v) is 5.82. The van der Waals surface area contributed by atoms with Crippen LogP contribution in [0.2, 0.25) is 0 Å². The molecule has 0 bridgehead atoms. The number of benzene rings is 1. The van der Waals surface area contributed by atoms with Crippen LogP contribution in [0.1, 0.15) is 11.4 Å². The van der Waals surface area contributed by atoms with Crippen molar-refractivity contribution in [2.24, 2.45) is 10.7 Å². The van der Waals surface area contributed by atoms with Crippen LogP contribution in [0.15, 0.2) is 35.3 Å². The van der Waals surface area contributed by atoms with Crippen LogP contribution < -0.4 is 16.8 Å². The van der Waals surface area contributed by atoms with Crippen LogP contribution in [0, 0.1) is 13.8 Å². The van der Waals surface area contributed by atoms with Crippen LogP contribution in [0.25, 0.3) is 0 Å². The molecule has 0 aliphatic carbocycles. The van der Waals surface area contributed by atoms with Crippen molar-refractivity contribution in [2.75, 3.05) is 11.1 Å². The number of nitrogens with one attached hydrogen (secondary N) is 1. The highest BCUT2D eigenvalue weighted by Crippen LogP contribution is 2.12. The van der Waals surface area contributed by atoms with Gasteiger partial charge in [-0.3, -0.25) is 0 Å². The molecule has 0 atom stereocenters. The molecule has 1 aromatic heterocycles. The van der Waals surface area contributed by atoms with Crippen LogP contribution in [0.3, 0.4) is 0 Å². The molecule has 0 fully saturated rings. The highest BCUT2D eigenvalue weighted by Gasteiger charge is 2.00. The monoisotopic (exact) mass is 256 g/mol. The third-order valence-corrected chi connectivity index (χ3v) is 2.35. The second kappa shape index (κ2) is 5.34. The van der Waals surface area contributed by atoms with E-state index in [-0.39, 0.29) is 5.96 Å². The number of anilines is 2. The van der Waals surface area contributed by atoms with Gasteiger partial charge in [0.15, 0.2) is 0 Å². The molecule has 2 rings (SSSR count). The molecule has 19 heavy (non-hydrogen) atoms. The van der Waals surface area contributed by atoms with Gasteiger partial charge in [-0.25, -0.2) is 9.97 Å². The summed E-state index contributed by atoms with van der Waals surface area (Å²) in [6, 6.07) is 9.12. The molecule has 6 nitrogen and oxygen atoms in total. The van der Waals surface area contributed by atoms with E-state index < -0.39 is 0 Å². The summed E-state index contributed by atoms with van der Waals surface area (Å²) in [5, 5.41) is 2.94. The molecule has 1 aromatic carbocycles. The highest BCUT2D eigenvalue weighted by molar-refractivity contribution is 5.93. The van der Waals surface area contributed by atoms with E-state index in [0.29, 0.717) is 11.6 Å². The van der Waals surface area contributed by atoms with Crippen LogP contribution in [0.5, 0.6) is 0 Å². The zero-order valence-electron chi connectivity index (χ0n) is 10.9. The van der Waals surface area contributed by atoms with Crippen molar-refractivity contribution in [3.63, 3.8) is 0 Å². The fourth-order valence-electron chi connectivity index (χ4n) is 1.66. The zero-order chi connectivity index (χ0) is 13.8. The number of aliphatic imine (C=N–C) groups is 1. The Morgan fingerprint density at radius 3 is 2.47 bits per heavy atom. The smallest absolute Gasteiger partial charge is 0.253 e. The molecule has 5 N–H and O–H groups in total. The van der Waals surface area contributed by atoms with Gasteiger partial charge < -0.3 is 16.8 Å². The highest BCUT2D eigenvalue weighted by atomic mass is 15.2. The van der Waals surface area contributed by atoms with E-state index in [2.05, 4.69) is 20.3 Å². The SMILES string of the molecule is Cc1cc(C)nc(/N=C(\N)Nc2cccc(N)c2)n1. The van der Waals surface area contributed by atoms with E-state index in [9.17, 15) is 0 Å². The average Bonchev–Trinajstić information content (AvgIpc) is 2.26. The number of nitrogen functional groups attached to an aromatic ring is 1. The predicted octanol–water partition coefficient (Wildman–Crippen LogP) is 1.73. The Morgan fingerprint density at radius 1 is 1.16 bits per heavy atom. The van der Waals surface area contributed by atoms with E-state index in [4.69, 9.17) is 11.5 Å². The molecule has 0 aliphatic rings. The lowest BCUT2D eigenvalue weighted by atomic mass is 10.3. The van der Waals surface area contributed by atoms with Crippen molar-refractivity contribution in [3.05, 3.63) is 41.7 Å². The molecule has 2 aromatic rings. The Labute approximate surface area is 111 Å². The summed E-state index contributed by atoms with van der Waals surface area (Å²) in [6.07, 6.45) is 0. The van der Waals surface area contributed by atoms with Crippen LogP contribution in [0.4, 0.5) is 17.3 Å². The minimum Gasteiger partial charge on any atom is -0.399 e. The Balaban J connectivity index is 2.19. The molecule has 0 unspecified atom stereocenters. The van der Waals surface area contributed by atoms with Crippen molar-refractivity contribution < 1.29 is 0 Å². The van der Waals surface area contributed by atoms with E-state index in [1.807, 2.05) is 32.0 Å². The van der Waals surface area contributed by atoms with Crippen molar-refractivity contribution in [1.82, 2.24) is 9.97 Å². The van der Waals surface area contributed by atoms with Crippen LogP contribution in [-0.4, -0.2) is 15.9 Å². The normalized spacial score (nSPS) is 11.4. The fourth-order valence-corrected chi connectivity index (χ4v) is 1.66. The van der Waals surface area contributed by atoms with Gasteiger partial charge in [0, 0.05) is 22.8 Å². The number of nitrogens with zero attached hydrogens (tertiary/aromatic N) is 3. The number of hydrogen-bond acceptors (Lipinski definition) is 4. The number of hydrogen-bond donors (Lipinski definition) is 3. The maximum atomic E-state index is 5.81. The lowest BCUT2D eigenvalue weighted by Crippen LogP contribution is -2.22. The Bertz CT molecular complexity index is 600. The molecule has 0 amide bonds. The first-order valence-electron chi connectivity index (χ1n) is 5.82. The molecule has 0 aliphatic heterocycles. The first kappa shape index (κ1) is 12.8. The van der Waals surface area contributed by atoms with Gasteiger partial charge in [0.05, 0.1) is 0 Å². The van der Waals surface area contributed by atoms with Gasteiger partial charge in [0.25, 0.3) is 5.95 Å². The van der Waals surface area contributed by atoms with Gasteiger partial charge in [0.1, 0.15) is 0 Å². The van der Waals surface area contributed by atoms with Gasteiger partial charge in [-0.2, -0.15) is 4.99 Å². The summed E-state index contributed by atoms with van der Waals surface area (Å²) in [5.74, 6) is 0.557. The molecule has 1 heterocycles. The largest absolute Gasteiger partial charge is 0.399 e. The Kier molecular flexibility index (Phi) is 3.61. The number of nitrogens with two attached hydrogens (primary N) is 2. The van der Waals surface area contributed by atoms with Gasteiger partial charge in [0.2, 0.25) is 5.96 Å². The van der Waals surface area contributed by atoms with E-state index in [1.54, 1.807) is 12.1 Å².